The lowest BCUT2D eigenvalue weighted by Crippen LogP contribution is -2.00. The quantitative estimate of drug-likeness (QED) is 0.381. The van der Waals surface area contributed by atoms with Crippen molar-refractivity contribution in [2.24, 2.45) is 10.3 Å². The van der Waals surface area contributed by atoms with E-state index in [4.69, 9.17) is 9.68 Å². The summed E-state index contributed by atoms with van der Waals surface area (Å²) in [5.41, 5.74) is -0.457. The van der Waals surface area contributed by atoms with Crippen molar-refractivity contribution < 1.29 is 19.3 Å². The fourth-order valence-corrected chi connectivity index (χ4v) is 1.96. The van der Waals surface area contributed by atoms with Crippen molar-refractivity contribution in [1.29, 1.82) is 0 Å². The van der Waals surface area contributed by atoms with Crippen LogP contribution in [0.4, 0.5) is 0 Å². The van der Waals surface area contributed by atoms with E-state index in [0.717, 1.165) is 0 Å². The number of thioether (sulfide) groups is 1. The van der Waals surface area contributed by atoms with Crippen molar-refractivity contribution in [3.05, 3.63) is 0 Å². The van der Waals surface area contributed by atoms with Gasteiger partial charge < -0.3 is 9.68 Å². The summed E-state index contributed by atoms with van der Waals surface area (Å²) in [6, 6.07) is 0. The highest BCUT2D eigenvalue weighted by molar-refractivity contribution is 8.00. The van der Waals surface area contributed by atoms with Gasteiger partial charge in [0.2, 0.25) is 0 Å². The Kier molecular flexibility index (Phi) is 4.05. The van der Waals surface area contributed by atoms with Gasteiger partial charge in [0.1, 0.15) is 0 Å². The molecule has 0 bridgehead atoms. The summed E-state index contributed by atoms with van der Waals surface area (Å²) in [5.74, 6) is 0. The van der Waals surface area contributed by atoms with Crippen LogP contribution < -0.4 is 0 Å². The van der Waals surface area contributed by atoms with Gasteiger partial charge in [0.05, 0.1) is 0 Å². The zero-order valence-corrected chi connectivity index (χ0v) is 7.32. The van der Waals surface area contributed by atoms with Crippen LogP contribution in [0.25, 0.3) is 0 Å². The van der Waals surface area contributed by atoms with Gasteiger partial charge in [-0.2, -0.15) is 0 Å². The lowest BCUT2D eigenvalue weighted by molar-refractivity contribution is 0.107. The molecule has 7 heteroatoms. The highest BCUT2D eigenvalue weighted by Gasteiger charge is 2.28. The van der Waals surface area contributed by atoms with Gasteiger partial charge >= 0.3 is 0 Å². The van der Waals surface area contributed by atoms with Crippen LogP contribution in [0.3, 0.4) is 0 Å². The van der Waals surface area contributed by atoms with Crippen LogP contribution in [0, 0.1) is 0 Å². The first-order valence-corrected chi connectivity index (χ1v) is 4.42. The summed E-state index contributed by atoms with van der Waals surface area (Å²) in [6.07, 6.45) is 3.91. The Morgan fingerprint density at radius 1 is 1.08 bits per heavy atom. The van der Waals surface area contributed by atoms with E-state index in [1.54, 1.807) is 0 Å². The SMILES string of the molecule is O=C=NOC1CCC(ON=C=O)S1. The van der Waals surface area contributed by atoms with Gasteiger partial charge in [-0.15, -0.1) is 0 Å². The molecule has 70 valence electrons. The zero-order valence-electron chi connectivity index (χ0n) is 6.50. The standard InChI is InChI=1S/C6H6N2O4S/c9-3-7-11-5-1-2-6(13-5)12-8-4-10/h5-6H,1-2H2. The van der Waals surface area contributed by atoms with E-state index in [0.29, 0.717) is 12.8 Å². The summed E-state index contributed by atoms with van der Waals surface area (Å²) in [6.45, 7) is 0. The van der Waals surface area contributed by atoms with E-state index in [1.807, 2.05) is 0 Å². The summed E-state index contributed by atoms with van der Waals surface area (Å²) in [5, 5.41) is 5.96. The largest absolute Gasteiger partial charge is 0.372 e. The Morgan fingerprint density at radius 2 is 1.54 bits per heavy atom. The molecule has 0 aromatic rings. The number of nitrogens with zero attached hydrogens (tertiary/aromatic N) is 2. The third-order valence-corrected chi connectivity index (χ3v) is 2.61. The van der Waals surface area contributed by atoms with Crippen LogP contribution in [0.15, 0.2) is 10.3 Å². The Morgan fingerprint density at radius 3 is 1.92 bits per heavy atom. The fourth-order valence-electron chi connectivity index (χ4n) is 0.893. The van der Waals surface area contributed by atoms with E-state index in [-0.39, 0.29) is 10.9 Å². The number of hydrogen-bond donors (Lipinski definition) is 0. The van der Waals surface area contributed by atoms with Gasteiger partial charge in [-0.1, -0.05) is 11.8 Å². The maximum Gasteiger partial charge on any atom is 0.276 e. The average Bonchev–Trinajstić information content (AvgIpc) is 2.59. The molecular formula is C6H6N2O4S. The van der Waals surface area contributed by atoms with Crippen molar-refractivity contribution in [1.82, 2.24) is 0 Å². The molecule has 0 aromatic heterocycles. The van der Waals surface area contributed by atoms with Crippen molar-refractivity contribution >= 4 is 23.9 Å². The maximum absolute atomic E-state index is 9.69. The Labute approximate surface area is 77.9 Å². The normalized spacial score (nSPS) is 25.5. The molecule has 0 aliphatic carbocycles. The smallest absolute Gasteiger partial charge is 0.276 e. The molecule has 1 aliphatic heterocycles. The molecule has 2 atom stereocenters. The third-order valence-electron chi connectivity index (χ3n) is 1.36. The molecule has 0 N–H and O–H groups in total. The van der Waals surface area contributed by atoms with Crippen LogP contribution in [0.5, 0.6) is 0 Å². The second kappa shape index (κ2) is 5.37. The van der Waals surface area contributed by atoms with Gasteiger partial charge in [-0.3, -0.25) is 0 Å². The highest BCUT2D eigenvalue weighted by Crippen LogP contribution is 2.35. The van der Waals surface area contributed by atoms with Crippen LogP contribution in [0.1, 0.15) is 12.8 Å². The van der Waals surface area contributed by atoms with E-state index >= 15 is 0 Å². The molecule has 6 nitrogen and oxygen atoms in total. The van der Waals surface area contributed by atoms with E-state index < -0.39 is 0 Å². The van der Waals surface area contributed by atoms with Crippen molar-refractivity contribution in [2.45, 2.75) is 23.7 Å². The predicted molar refractivity (Wildman–Crippen MR) is 42.8 cm³/mol. The van der Waals surface area contributed by atoms with E-state index in [9.17, 15) is 9.59 Å². The third kappa shape index (κ3) is 3.29. The predicted octanol–water partition coefficient (Wildman–Crippen LogP) is 0.700. The molecule has 0 radical (unpaired) electrons. The monoisotopic (exact) mass is 202 g/mol. The molecule has 1 aliphatic rings. The molecule has 1 rings (SSSR count). The molecule has 1 heterocycles. The summed E-state index contributed by atoms with van der Waals surface area (Å²) in [4.78, 5) is 28.8. The molecule has 0 amide bonds. The molecule has 2 unspecified atom stereocenters. The lowest BCUT2D eigenvalue weighted by atomic mass is 10.3. The second-order valence-corrected chi connectivity index (χ2v) is 3.47. The summed E-state index contributed by atoms with van der Waals surface area (Å²) < 4.78 is 0. The van der Waals surface area contributed by atoms with Gasteiger partial charge in [-0.25, -0.2) is 9.59 Å². The van der Waals surface area contributed by atoms with Gasteiger partial charge in [0.15, 0.2) is 10.9 Å². The van der Waals surface area contributed by atoms with Crippen molar-refractivity contribution in [3.63, 3.8) is 0 Å². The molecule has 1 fully saturated rings. The topological polar surface area (TPSA) is 77.3 Å². The van der Waals surface area contributed by atoms with Crippen LogP contribution in [-0.4, -0.2) is 23.0 Å². The molecule has 0 saturated carbocycles. The molecule has 1 saturated heterocycles. The summed E-state index contributed by atoms with van der Waals surface area (Å²) >= 11 is 1.30. The number of rotatable bonds is 4. The number of hydrogen-bond acceptors (Lipinski definition) is 7. The van der Waals surface area contributed by atoms with Crippen molar-refractivity contribution in [3.8, 4) is 0 Å². The highest BCUT2D eigenvalue weighted by atomic mass is 32.2. The lowest BCUT2D eigenvalue weighted by Gasteiger charge is -2.05. The van der Waals surface area contributed by atoms with Gasteiger partial charge in [0, 0.05) is 23.2 Å². The first-order chi connectivity index (χ1) is 6.36. The molecule has 0 aromatic carbocycles. The van der Waals surface area contributed by atoms with E-state index in [1.165, 1.54) is 23.9 Å². The van der Waals surface area contributed by atoms with Gasteiger partial charge in [0.25, 0.3) is 12.2 Å². The Balaban J connectivity index is 2.27. The first-order valence-electron chi connectivity index (χ1n) is 3.48. The van der Waals surface area contributed by atoms with E-state index in [2.05, 4.69) is 10.3 Å². The molecule has 0 spiro atoms. The van der Waals surface area contributed by atoms with Crippen LogP contribution in [0.2, 0.25) is 0 Å². The molecular weight excluding hydrogens is 196 g/mol. The average molecular weight is 202 g/mol. The van der Waals surface area contributed by atoms with Crippen molar-refractivity contribution in [2.75, 3.05) is 0 Å². The maximum atomic E-state index is 9.69. The summed E-state index contributed by atoms with van der Waals surface area (Å²) in [7, 11) is 0. The second-order valence-electron chi connectivity index (χ2n) is 2.15. The molecule has 13 heavy (non-hydrogen) atoms. The van der Waals surface area contributed by atoms with Crippen LogP contribution >= 0.6 is 11.8 Å². The minimum atomic E-state index is -0.228. The zero-order chi connectivity index (χ0) is 9.52. The number of carbonyl (C=O) groups excluding carboxylic acids is 2. The Hall–Kier alpha value is -1.29. The van der Waals surface area contributed by atoms with Crippen LogP contribution in [-0.2, 0) is 19.3 Å². The fraction of sp³-hybridized carbons (Fsp3) is 0.667. The number of isocyanates is 2. The van der Waals surface area contributed by atoms with Gasteiger partial charge in [-0.05, 0) is 0 Å². The minimum Gasteiger partial charge on any atom is -0.372 e. The minimum absolute atomic E-state index is 0.228. The first kappa shape index (κ1) is 9.80. The Bertz CT molecular complexity index is 233.